The minimum absolute atomic E-state index is 0.101. The van der Waals surface area contributed by atoms with Crippen molar-refractivity contribution < 1.29 is 33.1 Å². The van der Waals surface area contributed by atoms with Crippen LogP contribution in [0.3, 0.4) is 0 Å². The van der Waals surface area contributed by atoms with Gasteiger partial charge in [0.05, 0.1) is 60.5 Å². The topological polar surface area (TPSA) is 202 Å². The van der Waals surface area contributed by atoms with E-state index in [0.717, 1.165) is 39.1 Å². The number of aliphatic hydroxyl groups excluding tert-OH is 2. The Morgan fingerprint density at radius 1 is 1.11 bits per heavy atom. The second kappa shape index (κ2) is 13.3. The van der Waals surface area contributed by atoms with E-state index in [1.54, 1.807) is 0 Å². The van der Waals surface area contributed by atoms with E-state index in [2.05, 4.69) is 15.0 Å². The fraction of sp³-hybridized carbons (Fsp3) is 0.393. The molecule has 44 heavy (non-hydrogen) atoms. The van der Waals surface area contributed by atoms with Gasteiger partial charge in [0.2, 0.25) is 0 Å². The molecule has 2 aromatic heterocycles. The molecule has 2 aromatic carbocycles. The predicted octanol–water partition coefficient (Wildman–Crippen LogP) is 1.64. The first-order valence-electron chi connectivity index (χ1n) is 13.7. The monoisotopic (exact) mass is 626 g/mol. The molecule has 1 aliphatic rings. The summed E-state index contributed by atoms with van der Waals surface area (Å²) in [7, 11) is -2.56. The van der Waals surface area contributed by atoms with E-state index in [1.807, 2.05) is 60.5 Å². The van der Waals surface area contributed by atoms with E-state index in [4.69, 9.17) is 23.6 Å². The number of H-pyrrole nitrogens is 1. The molecule has 0 radical (unpaired) electrons. The number of benzene rings is 2. The number of ether oxygens (including phenoxy) is 1. The average Bonchev–Trinajstić information content (AvgIpc) is 3.34. The van der Waals surface area contributed by atoms with Gasteiger partial charge in [0.1, 0.15) is 12.7 Å². The fourth-order valence-electron chi connectivity index (χ4n) is 4.84. The number of anilines is 1. The maximum absolute atomic E-state index is 13.7. The van der Waals surface area contributed by atoms with E-state index in [-0.39, 0.29) is 32.6 Å². The van der Waals surface area contributed by atoms with E-state index in [9.17, 15) is 24.4 Å². The Morgan fingerprint density at radius 3 is 2.50 bits per heavy atom. The first-order valence-corrected chi connectivity index (χ1v) is 15.2. The van der Waals surface area contributed by atoms with Crippen LogP contribution in [-0.4, -0.2) is 82.0 Å². The Hall–Kier alpha value is -4.00. The number of nitrogens with one attached hydrogen (secondary N) is 1. The summed E-state index contributed by atoms with van der Waals surface area (Å²) < 4.78 is 37.1. The molecule has 0 aliphatic carbocycles. The number of aliphatic hydroxyl groups is 2. The molecule has 1 saturated heterocycles. The van der Waals surface area contributed by atoms with E-state index in [0.29, 0.717) is 5.52 Å². The highest BCUT2D eigenvalue weighted by Crippen LogP contribution is 2.51. The minimum Gasteiger partial charge on any atom is -0.394 e. The van der Waals surface area contributed by atoms with Gasteiger partial charge in [-0.05, 0) is 30.3 Å². The number of nitriles is 1. The summed E-state index contributed by atoms with van der Waals surface area (Å²) in [5, 5.41) is 29.0. The molecule has 15 nitrogen and oxygen atoms in total. The molecule has 4 atom stereocenters. The smallest absolute Gasteiger partial charge is 0.394 e. The number of aromatic amines is 1. The van der Waals surface area contributed by atoms with Gasteiger partial charge in [0.15, 0.2) is 5.72 Å². The molecular formula is C28H31N6O9P. The van der Waals surface area contributed by atoms with Crippen molar-refractivity contribution in [3.8, 4) is 6.07 Å². The average molecular weight is 627 g/mol. The van der Waals surface area contributed by atoms with Crippen molar-refractivity contribution in [2.24, 2.45) is 0 Å². The number of para-hydroxylation sites is 2. The van der Waals surface area contributed by atoms with Gasteiger partial charge in [-0.25, -0.2) is 19.3 Å². The Kier molecular flexibility index (Phi) is 9.52. The van der Waals surface area contributed by atoms with Crippen LogP contribution in [0.4, 0.5) is 5.69 Å². The molecule has 1 aliphatic heterocycles. The second-order valence-corrected chi connectivity index (χ2v) is 11.8. The van der Waals surface area contributed by atoms with Crippen molar-refractivity contribution in [3.63, 3.8) is 0 Å². The summed E-state index contributed by atoms with van der Waals surface area (Å²) in [5.41, 5.74) is 0.488. The standard InChI is InChI=1S/C28H31N6O9P/c1-33(19-7-8-22-23(15-19)31-21-6-3-2-5-20(21)30-22)12-14-41-44(39,40-13-4-10-29)42-18-28(16-24(36)25(17-35)43-28)34-11-9-26(37)32-27(34)38/h2-3,5-9,11,15,24-25,35-36H,4,12-14,16-18H2,1H3,(H,32,37,38)/t24-,25+,28-,44?/m0/s1. The zero-order valence-electron chi connectivity index (χ0n) is 23.7. The SMILES string of the molecule is CN(CCOP(=O)(OCCC#N)OC[C@]1(n2ccc(=O)[nH]c2=O)C[C@H](O)[C@@H](CO)O1)c1ccc2nc3ccccc3nc2c1. The number of rotatable bonds is 13. The Balaban J connectivity index is 1.31. The van der Waals surface area contributed by atoms with Gasteiger partial charge in [-0.3, -0.25) is 27.9 Å². The largest absolute Gasteiger partial charge is 0.475 e. The third kappa shape index (κ3) is 6.87. The van der Waals surface area contributed by atoms with Crippen molar-refractivity contribution >= 4 is 35.6 Å². The highest BCUT2D eigenvalue weighted by Gasteiger charge is 2.49. The van der Waals surface area contributed by atoms with Gasteiger partial charge < -0.3 is 19.8 Å². The van der Waals surface area contributed by atoms with Crippen LogP contribution in [0.5, 0.6) is 0 Å². The quantitative estimate of drug-likeness (QED) is 0.110. The molecule has 1 fully saturated rings. The van der Waals surface area contributed by atoms with Gasteiger partial charge in [0.25, 0.3) is 5.56 Å². The van der Waals surface area contributed by atoms with Crippen LogP contribution < -0.4 is 16.1 Å². The van der Waals surface area contributed by atoms with Crippen molar-refractivity contribution in [1.82, 2.24) is 19.5 Å². The lowest BCUT2D eigenvalue weighted by molar-refractivity contribution is -0.142. The summed E-state index contributed by atoms with van der Waals surface area (Å²) in [6.07, 6.45) is -1.50. The van der Waals surface area contributed by atoms with Crippen LogP contribution in [0.25, 0.3) is 22.1 Å². The minimum atomic E-state index is -4.36. The molecule has 4 aromatic rings. The molecule has 0 spiro atoms. The van der Waals surface area contributed by atoms with Crippen LogP contribution >= 0.6 is 7.82 Å². The first kappa shape index (κ1) is 31.4. The van der Waals surface area contributed by atoms with E-state index >= 15 is 0 Å². The van der Waals surface area contributed by atoms with Crippen LogP contribution in [-0.2, 0) is 28.6 Å². The molecule has 3 N–H and O–H groups in total. The lowest BCUT2D eigenvalue weighted by Gasteiger charge is -2.31. The summed E-state index contributed by atoms with van der Waals surface area (Å²) in [5.74, 6) is 0. The van der Waals surface area contributed by atoms with Crippen LogP contribution in [0.15, 0.2) is 64.3 Å². The number of phosphoric acid groups is 1. The van der Waals surface area contributed by atoms with Gasteiger partial charge in [-0.15, -0.1) is 0 Å². The van der Waals surface area contributed by atoms with Crippen molar-refractivity contribution in [2.75, 3.05) is 44.9 Å². The maximum Gasteiger partial charge on any atom is 0.475 e. The lowest BCUT2D eigenvalue weighted by Crippen LogP contribution is -2.47. The number of hydrogen-bond acceptors (Lipinski definition) is 13. The van der Waals surface area contributed by atoms with E-state index < -0.39 is 50.2 Å². The van der Waals surface area contributed by atoms with Crippen molar-refractivity contribution in [2.45, 2.75) is 30.8 Å². The molecule has 16 heteroatoms. The van der Waals surface area contributed by atoms with Gasteiger partial charge >= 0.3 is 13.5 Å². The molecule has 232 valence electrons. The number of fused-ring (bicyclic) bond motifs is 2. The number of phosphoric ester groups is 1. The third-order valence-corrected chi connectivity index (χ3v) is 8.56. The van der Waals surface area contributed by atoms with Crippen LogP contribution in [0.1, 0.15) is 12.8 Å². The predicted molar refractivity (Wildman–Crippen MR) is 158 cm³/mol. The zero-order valence-corrected chi connectivity index (χ0v) is 24.6. The van der Waals surface area contributed by atoms with Crippen molar-refractivity contribution in [1.29, 1.82) is 5.26 Å². The Bertz CT molecular complexity index is 1840. The summed E-state index contributed by atoms with van der Waals surface area (Å²) in [4.78, 5) is 37.6. The molecule has 1 unspecified atom stereocenters. The molecule has 3 heterocycles. The summed E-state index contributed by atoms with van der Waals surface area (Å²) >= 11 is 0. The highest BCUT2D eigenvalue weighted by atomic mass is 31.2. The molecule has 0 saturated carbocycles. The number of hydrogen-bond donors (Lipinski definition) is 3. The molecular weight excluding hydrogens is 595 g/mol. The Labute approximate surface area is 250 Å². The zero-order chi connectivity index (χ0) is 31.3. The summed E-state index contributed by atoms with van der Waals surface area (Å²) in [6.45, 7) is -1.35. The first-order chi connectivity index (χ1) is 21.1. The fourth-order valence-corrected chi connectivity index (χ4v) is 6.04. The number of aromatic nitrogens is 4. The maximum atomic E-state index is 13.7. The van der Waals surface area contributed by atoms with Gasteiger partial charge in [-0.1, -0.05) is 12.1 Å². The van der Waals surface area contributed by atoms with Crippen LogP contribution in [0, 0.1) is 11.3 Å². The highest BCUT2D eigenvalue weighted by molar-refractivity contribution is 7.48. The second-order valence-electron chi connectivity index (χ2n) is 10.1. The molecule has 0 bridgehead atoms. The van der Waals surface area contributed by atoms with E-state index in [1.165, 1.54) is 0 Å². The van der Waals surface area contributed by atoms with Gasteiger partial charge in [0, 0.05) is 38.0 Å². The lowest BCUT2D eigenvalue weighted by atomic mass is 10.1. The molecule has 5 rings (SSSR count). The summed E-state index contributed by atoms with van der Waals surface area (Å²) in [6, 6.07) is 16.1. The van der Waals surface area contributed by atoms with Gasteiger partial charge in [-0.2, -0.15) is 5.26 Å². The molecule has 0 amide bonds. The normalized spacial score (nSPS) is 21.3. The van der Waals surface area contributed by atoms with Crippen LogP contribution in [0.2, 0.25) is 0 Å². The Morgan fingerprint density at radius 2 is 1.82 bits per heavy atom. The van der Waals surface area contributed by atoms with Crippen molar-refractivity contribution in [3.05, 3.63) is 75.6 Å². The number of nitrogens with zero attached hydrogens (tertiary/aromatic N) is 5. The third-order valence-electron chi connectivity index (χ3n) is 7.12. The number of likely N-dealkylation sites (N-methyl/N-ethyl adjacent to an activating group) is 1.